The largest absolute Gasteiger partial charge is 0.467 e. The molecule has 0 atom stereocenters. The number of carbonyl (C=O) groups excluding carboxylic acids is 1. The van der Waals surface area contributed by atoms with Crippen molar-refractivity contribution < 1.29 is 14.1 Å². The number of nitro benzene ring substituents is 1. The lowest BCUT2D eigenvalue weighted by Gasteiger charge is -2.35. The molecule has 8 nitrogen and oxygen atoms in total. The molecule has 126 valence electrons. The van der Waals surface area contributed by atoms with Crippen LogP contribution in [0.1, 0.15) is 16.1 Å². The van der Waals surface area contributed by atoms with Crippen LogP contribution < -0.4 is 10.6 Å². The van der Waals surface area contributed by atoms with Crippen LogP contribution in [0.5, 0.6) is 0 Å². The summed E-state index contributed by atoms with van der Waals surface area (Å²) in [5.74, 6) is 0.491. The number of nitro groups is 1. The van der Waals surface area contributed by atoms with Gasteiger partial charge in [0, 0.05) is 44.0 Å². The van der Waals surface area contributed by atoms with Crippen LogP contribution in [-0.4, -0.2) is 41.9 Å². The van der Waals surface area contributed by atoms with Crippen molar-refractivity contribution in [2.45, 2.75) is 6.54 Å². The number of piperazine rings is 1. The second-order valence-corrected chi connectivity index (χ2v) is 5.56. The highest BCUT2D eigenvalue weighted by Gasteiger charge is 2.24. The first-order chi connectivity index (χ1) is 11.6. The minimum Gasteiger partial charge on any atom is -0.467 e. The number of hydrogen-bond acceptors (Lipinski definition) is 6. The number of benzene rings is 1. The molecule has 2 aromatic rings. The van der Waals surface area contributed by atoms with Gasteiger partial charge in [-0.25, -0.2) is 0 Å². The molecule has 0 unspecified atom stereocenters. The smallest absolute Gasteiger partial charge is 0.271 e. The maximum atomic E-state index is 12.4. The molecule has 2 N–H and O–H groups in total. The molecule has 1 aromatic heterocycles. The van der Waals surface area contributed by atoms with Crippen molar-refractivity contribution in [3.05, 3.63) is 58.0 Å². The van der Waals surface area contributed by atoms with Crippen LogP contribution in [0.3, 0.4) is 0 Å². The Hall–Kier alpha value is -2.87. The van der Waals surface area contributed by atoms with Crippen LogP contribution in [-0.2, 0) is 6.54 Å². The fourth-order valence-corrected chi connectivity index (χ4v) is 2.75. The third kappa shape index (κ3) is 3.23. The minimum absolute atomic E-state index is 0.0683. The van der Waals surface area contributed by atoms with E-state index < -0.39 is 4.92 Å². The van der Waals surface area contributed by atoms with Crippen LogP contribution in [0.15, 0.2) is 41.0 Å². The quantitative estimate of drug-likeness (QED) is 0.674. The van der Waals surface area contributed by atoms with Crippen molar-refractivity contribution >= 4 is 17.3 Å². The Morgan fingerprint density at radius 2 is 2.00 bits per heavy atom. The Balaban J connectivity index is 1.64. The Labute approximate surface area is 138 Å². The summed E-state index contributed by atoms with van der Waals surface area (Å²) in [5.41, 5.74) is 6.85. The van der Waals surface area contributed by atoms with Gasteiger partial charge in [0.1, 0.15) is 12.0 Å². The van der Waals surface area contributed by atoms with E-state index in [0.717, 1.165) is 5.69 Å². The van der Waals surface area contributed by atoms with Gasteiger partial charge in [-0.15, -0.1) is 0 Å². The first-order valence-electron chi connectivity index (χ1n) is 7.64. The van der Waals surface area contributed by atoms with Gasteiger partial charge in [0.25, 0.3) is 11.6 Å². The van der Waals surface area contributed by atoms with Gasteiger partial charge in [0.05, 0.1) is 17.0 Å². The number of nitrogens with two attached hydrogens (primary N) is 1. The summed E-state index contributed by atoms with van der Waals surface area (Å²) in [6.45, 7) is 2.59. The van der Waals surface area contributed by atoms with Crippen molar-refractivity contribution in [2.75, 3.05) is 31.1 Å². The van der Waals surface area contributed by atoms with E-state index in [0.29, 0.717) is 37.5 Å². The first-order valence-corrected chi connectivity index (χ1v) is 7.64. The van der Waals surface area contributed by atoms with Crippen molar-refractivity contribution in [1.82, 2.24) is 4.90 Å². The minimum atomic E-state index is -0.406. The summed E-state index contributed by atoms with van der Waals surface area (Å²) in [6.07, 6.45) is 1.43. The number of hydrogen-bond donors (Lipinski definition) is 1. The molecule has 0 bridgehead atoms. The van der Waals surface area contributed by atoms with E-state index in [9.17, 15) is 14.9 Å². The van der Waals surface area contributed by atoms with Gasteiger partial charge in [0.2, 0.25) is 0 Å². The van der Waals surface area contributed by atoms with Crippen molar-refractivity contribution in [2.24, 2.45) is 5.73 Å². The predicted octanol–water partition coefficient (Wildman–Crippen LogP) is 1.61. The van der Waals surface area contributed by atoms with Crippen LogP contribution in [0.4, 0.5) is 11.4 Å². The summed E-state index contributed by atoms with van der Waals surface area (Å²) in [6, 6.07) is 8.20. The second-order valence-electron chi connectivity index (χ2n) is 5.56. The molecule has 1 amide bonds. The van der Waals surface area contributed by atoms with Crippen molar-refractivity contribution in [3.63, 3.8) is 0 Å². The molecule has 1 aliphatic heterocycles. The standard InChI is InChI=1S/C16H18N4O4/c17-10-15-8-12(11-24-15)16(21)19-6-4-18(5-7-19)13-2-1-3-14(9-13)20(22)23/h1-3,8-9,11H,4-7,10,17H2. The Kier molecular flexibility index (Phi) is 4.48. The van der Waals surface area contributed by atoms with Gasteiger partial charge in [-0.05, 0) is 12.1 Å². The molecule has 0 saturated carbocycles. The fraction of sp³-hybridized carbons (Fsp3) is 0.312. The first kappa shape index (κ1) is 16.0. The summed E-state index contributed by atoms with van der Waals surface area (Å²) in [4.78, 5) is 26.7. The van der Waals surface area contributed by atoms with E-state index in [1.54, 1.807) is 23.1 Å². The molecule has 0 aliphatic carbocycles. The summed E-state index contributed by atoms with van der Waals surface area (Å²) in [5, 5.41) is 10.9. The molecule has 1 aliphatic rings. The van der Waals surface area contributed by atoms with E-state index in [4.69, 9.17) is 10.2 Å². The van der Waals surface area contributed by atoms with Gasteiger partial charge in [-0.1, -0.05) is 6.07 Å². The zero-order valence-corrected chi connectivity index (χ0v) is 13.1. The third-order valence-corrected chi connectivity index (χ3v) is 4.07. The molecule has 0 radical (unpaired) electrons. The van der Waals surface area contributed by atoms with Gasteiger partial charge in [-0.3, -0.25) is 14.9 Å². The van der Waals surface area contributed by atoms with Crippen molar-refractivity contribution in [1.29, 1.82) is 0 Å². The van der Waals surface area contributed by atoms with Crippen LogP contribution in [0.2, 0.25) is 0 Å². The van der Waals surface area contributed by atoms with Crippen LogP contribution in [0, 0.1) is 10.1 Å². The zero-order chi connectivity index (χ0) is 17.1. The summed E-state index contributed by atoms with van der Waals surface area (Å²) in [7, 11) is 0. The second kappa shape index (κ2) is 6.71. The summed E-state index contributed by atoms with van der Waals surface area (Å²) < 4.78 is 5.21. The maximum absolute atomic E-state index is 12.4. The van der Waals surface area contributed by atoms with Gasteiger partial charge < -0.3 is 20.0 Å². The van der Waals surface area contributed by atoms with Gasteiger partial charge >= 0.3 is 0 Å². The predicted molar refractivity (Wildman–Crippen MR) is 87.8 cm³/mol. The number of non-ortho nitro benzene ring substituents is 1. The van der Waals surface area contributed by atoms with E-state index >= 15 is 0 Å². The lowest BCUT2D eigenvalue weighted by molar-refractivity contribution is -0.384. The van der Waals surface area contributed by atoms with E-state index in [1.165, 1.54) is 12.3 Å². The monoisotopic (exact) mass is 330 g/mol. The Bertz CT molecular complexity index is 750. The SMILES string of the molecule is NCc1cc(C(=O)N2CCN(c3cccc([N+](=O)[O-])c3)CC2)co1. The van der Waals surface area contributed by atoms with E-state index in [-0.39, 0.29) is 18.1 Å². The highest BCUT2D eigenvalue weighted by Crippen LogP contribution is 2.22. The van der Waals surface area contributed by atoms with Gasteiger partial charge in [0.15, 0.2) is 0 Å². The normalized spacial score (nSPS) is 14.7. The molecule has 3 rings (SSSR count). The average molecular weight is 330 g/mol. The Morgan fingerprint density at radius 3 is 2.62 bits per heavy atom. The average Bonchev–Trinajstić information content (AvgIpc) is 3.10. The molecule has 1 saturated heterocycles. The Morgan fingerprint density at radius 1 is 1.25 bits per heavy atom. The van der Waals surface area contributed by atoms with E-state index in [1.807, 2.05) is 11.0 Å². The summed E-state index contributed by atoms with van der Waals surface area (Å²) >= 11 is 0. The van der Waals surface area contributed by atoms with Crippen LogP contribution >= 0.6 is 0 Å². The molecule has 0 spiro atoms. The van der Waals surface area contributed by atoms with Gasteiger partial charge in [-0.2, -0.15) is 0 Å². The molecule has 2 heterocycles. The van der Waals surface area contributed by atoms with Crippen LogP contribution in [0.25, 0.3) is 0 Å². The molecule has 1 fully saturated rings. The molecular weight excluding hydrogens is 312 g/mol. The zero-order valence-electron chi connectivity index (χ0n) is 13.1. The molecule has 1 aromatic carbocycles. The number of nitrogens with zero attached hydrogens (tertiary/aromatic N) is 3. The number of furan rings is 1. The number of amides is 1. The lowest BCUT2D eigenvalue weighted by Crippen LogP contribution is -2.48. The van der Waals surface area contributed by atoms with Crippen molar-refractivity contribution in [3.8, 4) is 0 Å². The molecule has 8 heteroatoms. The highest BCUT2D eigenvalue weighted by atomic mass is 16.6. The maximum Gasteiger partial charge on any atom is 0.271 e. The fourth-order valence-electron chi connectivity index (χ4n) is 2.75. The lowest BCUT2D eigenvalue weighted by atomic mass is 10.2. The number of rotatable bonds is 4. The number of carbonyl (C=O) groups is 1. The molecule has 24 heavy (non-hydrogen) atoms. The van der Waals surface area contributed by atoms with E-state index in [2.05, 4.69) is 0 Å². The third-order valence-electron chi connectivity index (χ3n) is 4.07. The topological polar surface area (TPSA) is 106 Å². The molecular formula is C16H18N4O4. The highest BCUT2D eigenvalue weighted by molar-refractivity contribution is 5.94. The number of anilines is 1.